The zero-order valence-corrected chi connectivity index (χ0v) is 9.42. The second kappa shape index (κ2) is 5.25. The van der Waals surface area contributed by atoms with Crippen LogP contribution < -0.4 is 4.74 Å². The van der Waals surface area contributed by atoms with Crippen molar-refractivity contribution in [3.63, 3.8) is 0 Å². The SMILES string of the molecule is CCOC(=O)COc1ccc2nccnc2c1. The number of aromatic nitrogens is 2. The van der Waals surface area contributed by atoms with E-state index in [-0.39, 0.29) is 12.6 Å². The Bertz CT molecular complexity index is 528. The highest BCUT2D eigenvalue weighted by Crippen LogP contribution is 2.16. The third kappa shape index (κ3) is 2.90. The number of carbonyl (C=O) groups excluding carboxylic acids is 1. The summed E-state index contributed by atoms with van der Waals surface area (Å²) in [5.74, 6) is 0.192. The third-order valence-electron chi connectivity index (χ3n) is 2.10. The summed E-state index contributed by atoms with van der Waals surface area (Å²) in [6.07, 6.45) is 3.24. The number of esters is 1. The van der Waals surface area contributed by atoms with Crippen molar-refractivity contribution in [2.75, 3.05) is 13.2 Å². The van der Waals surface area contributed by atoms with Crippen molar-refractivity contribution in [1.29, 1.82) is 0 Å². The molecule has 2 rings (SSSR count). The van der Waals surface area contributed by atoms with E-state index in [2.05, 4.69) is 9.97 Å². The molecule has 0 saturated heterocycles. The molecule has 0 bridgehead atoms. The predicted molar refractivity (Wildman–Crippen MR) is 61.7 cm³/mol. The Morgan fingerprint density at radius 1 is 1.24 bits per heavy atom. The molecule has 0 aliphatic rings. The van der Waals surface area contributed by atoms with E-state index in [1.165, 1.54) is 0 Å². The van der Waals surface area contributed by atoms with Gasteiger partial charge >= 0.3 is 5.97 Å². The van der Waals surface area contributed by atoms with Crippen LogP contribution in [0.4, 0.5) is 0 Å². The molecule has 0 saturated carbocycles. The minimum absolute atomic E-state index is 0.0976. The lowest BCUT2D eigenvalue weighted by molar-refractivity contribution is -0.145. The fourth-order valence-electron chi connectivity index (χ4n) is 1.38. The van der Waals surface area contributed by atoms with E-state index in [1.54, 1.807) is 37.5 Å². The Morgan fingerprint density at radius 2 is 2.00 bits per heavy atom. The van der Waals surface area contributed by atoms with Crippen LogP contribution in [0.15, 0.2) is 30.6 Å². The molecule has 0 N–H and O–H groups in total. The van der Waals surface area contributed by atoms with Gasteiger partial charge in [0.15, 0.2) is 6.61 Å². The fourth-order valence-corrected chi connectivity index (χ4v) is 1.38. The van der Waals surface area contributed by atoms with E-state index in [4.69, 9.17) is 9.47 Å². The molecule has 1 aromatic heterocycles. The molecule has 5 nitrogen and oxygen atoms in total. The fraction of sp³-hybridized carbons (Fsp3) is 0.250. The van der Waals surface area contributed by atoms with E-state index in [0.29, 0.717) is 12.4 Å². The minimum Gasteiger partial charge on any atom is -0.482 e. The monoisotopic (exact) mass is 232 g/mol. The number of benzene rings is 1. The molecule has 0 aliphatic carbocycles. The van der Waals surface area contributed by atoms with E-state index >= 15 is 0 Å². The lowest BCUT2D eigenvalue weighted by Gasteiger charge is -2.05. The van der Waals surface area contributed by atoms with Gasteiger partial charge in [-0.2, -0.15) is 0 Å². The Labute approximate surface area is 98.4 Å². The summed E-state index contributed by atoms with van der Waals surface area (Å²) >= 11 is 0. The van der Waals surface area contributed by atoms with Crippen LogP contribution in [-0.4, -0.2) is 29.2 Å². The van der Waals surface area contributed by atoms with Gasteiger partial charge < -0.3 is 9.47 Å². The van der Waals surface area contributed by atoms with Gasteiger partial charge in [-0.25, -0.2) is 4.79 Å². The molecule has 2 aromatic rings. The predicted octanol–water partition coefficient (Wildman–Crippen LogP) is 1.57. The second-order valence-electron chi connectivity index (χ2n) is 3.30. The molecular formula is C12H12N2O3. The first-order chi connectivity index (χ1) is 8.29. The minimum atomic E-state index is -0.383. The Morgan fingerprint density at radius 3 is 2.76 bits per heavy atom. The largest absolute Gasteiger partial charge is 0.482 e. The first kappa shape index (κ1) is 11.3. The van der Waals surface area contributed by atoms with Crippen molar-refractivity contribution < 1.29 is 14.3 Å². The van der Waals surface area contributed by atoms with E-state index < -0.39 is 0 Å². The van der Waals surface area contributed by atoms with Gasteiger partial charge in [0.25, 0.3) is 0 Å². The molecule has 0 aliphatic heterocycles. The second-order valence-corrected chi connectivity index (χ2v) is 3.30. The average molecular weight is 232 g/mol. The summed E-state index contributed by atoms with van der Waals surface area (Å²) in [6.45, 7) is 2.01. The summed E-state index contributed by atoms with van der Waals surface area (Å²) in [7, 11) is 0. The van der Waals surface area contributed by atoms with Crippen LogP contribution in [-0.2, 0) is 9.53 Å². The van der Waals surface area contributed by atoms with Gasteiger partial charge in [-0.15, -0.1) is 0 Å². The van der Waals surface area contributed by atoms with Crippen molar-refractivity contribution in [3.8, 4) is 5.75 Å². The topological polar surface area (TPSA) is 61.3 Å². The molecule has 0 unspecified atom stereocenters. The number of ether oxygens (including phenoxy) is 2. The van der Waals surface area contributed by atoms with Crippen LogP contribution in [0.3, 0.4) is 0 Å². The molecule has 0 fully saturated rings. The van der Waals surface area contributed by atoms with Gasteiger partial charge in [0.05, 0.1) is 17.6 Å². The number of hydrogen-bond acceptors (Lipinski definition) is 5. The van der Waals surface area contributed by atoms with Gasteiger partial charge in [0.1, 0.15) is 5.75 Å². The number of fused-ring (bicyclic) bond motifs is 1. The van der Waals surface area contributed by atoms with Gasteiger partial charge in [0.2, 0.25) is 0 Å². The summed E-state index contributed by atoms with van der Waals surface area (Å²) < 4.78 is 10.0. The quantitative estimate of drug-likeness (QED) is 0.749. The summed E-state index contributed by atoms with van der Waals surface area (Å²) in [5, 5.41) is 0. The van der Waals surface area contributed by atoms with Crippen LogP contribution in [0.2, 0.25) is 0 Å². The van der Waals surface area contributed by atoms with Crippen LogP contribution in [0.1, 0.15) is 6.92 Å². The smallest absolute Gasteiger partial charge is 0.344 e. The Hall–Kier alpha value is -2.17. The van der Waals surface area contributed by atoms with Gasteiger partial charge in [0, 0.05) is 18.5 Å². The van der Waals surface area contributed by atoms with Crippen LogP contribution in [0, 0.1) is 0 Å². The highest BCUT2D eigenvalue weighted by Gasteiger charge is 2.04. The number of hydrogen-bond donors (Lipinski definition) is 0. The summed E-state index contributed by atoms with van der Waals surface area (Å²) in [6, 6.07) is 5.28. The molecule has 0 spiro atoms. The Kier molecular flexibility index (Phi) is 3.49. The highest BCUT2D eigenvalue weighted by atomic mass is 16.6. The average Bonchev–Trinajstić information content (AvgIpc) is 2.36. The zero-order chi connectivity index (χ0) is 12.1. The lowest BCUT2D eigenvalue weighted by Crippen LogP contribution is -2.14. The standard InChI is InChI=1S/C12H12N2O3/c1-2-16-12(15)8-17-9-3-4-10-11(7-9)14-6-5-13-10/h3-7H,2,8H2,1H3. The van der Waals surface area contributed by atoms with E-state index in [9.17, 15) is 4.79 Å². The van der Waals surface area contributed by atoms with Crippen molar-refractivity contribution in [2.45, 2.75) is 6.92 Å². The Balaban J connectivity index is 2.06. The molecule has 0 radical (unpaired) electrons. The van der Waals surface area contributed by atoms with E-state index in [0.717, 1.165) is 11.0 Å². The van der Waals surface area contributed by atoms with Crippen LogP contribution >= 0.6 is 0 Å². The number of nitrogens with zero attached hydrogens (tertiary/aromatic N) is 2. The molecule has 0 amide bonds. The summed E-state index contributed by atoms with van der Waals surface area (Å²) in [5.41, 5.74) is 1.52. The highest BCUT2D eigenvalue weighted by molar-refractivity contribution is 5.76. The maximum atomic E-state index is 11.1. The third-order valence-corrected chi connectivity index (χ3v) is 2.10. The molecule has 1 heterocycles. The van der Waals surface area contributed by atoms with Crippen molar-refractivity contribution in [1.82, 2.24) is 9.97 Å². The van der Waals surface area contributed by atoms with Crippen LogP contribution in [0.5, 0.6) is 5.75 Å². The zero-order valence-electron chi connectivity index (χ0n) is 9.42. The van der Waals surface area contributed by atoms with Gasteiger partial charge in [-0.05, 0) is 19.1 Å². The summed E-state index contributed by atoms with van der Waals surface area (Å²) in [4.78, 5) is 19.4. The maximum Gasteiger partial charge on any atom is 0.344 e. The van der Waals surface area contributed by atoms with E-state index in [1.807, 2.05) is 0 Å². The normalized spacial score (nSPS) is 10.2. The van der Waals surface area contributed by atoms with Gasteiger partial charge in [-0.1, -0.05) is 0 Å². The number of rotatable bonds is 4. The lowest BCUT2D eigenvalue weighted by atomic mass is 10.3. The molecule has 0 atom stereocenters. The van der Waals surface area contributed by atoms with Crippen LogP contribution in [0.25, 0.3) is 11.0 Å². The van der Waals surface area contributed by atoms with Crippen molar-refractivity contribution >= 4 is 17.0 Å². The molecule has 1 aromatic carbocycles. The molecular weight excluding hydrogens is 220 g/mol. The first-order valence-electron chi connectivity index (χ1n) is 5.29. The first-order valence-corrected chi connectivity index (χ1v) is 5.29. The molecule has 17 heavy (non-hydrogen) atoms. The molecule has 88 valence electrons. The van der Waals surface area contributed by atoms with Crippen molar-refractivity contribution in [3.05, 3.63) is 30.6 Å². The maximum absolute atomic E-state index is 11.1. The molecule has 5 heteroatoms. The van der Waals surface area contributed by atoms with Gasteiger partial charge in [-0.3, -0.25) is 9.97 Å². The number of carbonyl (C=O) groups is 1. The van der Waals surface area contributed by atoms with Crippen molar-refractivity contribution in [2.24, 2.45) is 0 Å².